The Morgan fingerprint density at radius 1 is 1.42 bits per heavy atom. The molecule has 0 radical (unpaired) electrons. The minimum absolute atomic E-state index is 0.0739. The van der Waals surface area contributed by atoms with Crippen molar-refractivity contribution in [3.05, 3.63) is 23.8 Å². The molecule has 0 aliphatic heterocycles. The molecule has 1 aliphatic rings. The predicted molar refractivity (Wildman–Crippen MR) is 79.3 cm³/mol. The Morgan fingerprint density at radius 3 is 2.79 bits per heavy atom. The van der Waals surface area contributed by atoms with Crippen LogP contribution in [0.4, 0.5) is 11.4 Å². The van der Waals surface area contributed by atoms with Crippen molar-refractivity contribution in [1.82, 2.24) is 5.32 Å². The molecule has 104 valence electrons. The van der Waals surface area contributed by atoms with Crippen molar-refractivity contribution in [1.29, 1.82) is 0 Å². The van der Waals surface area contributed by atoms with E-state index in [2.05, 4.69) is 17.6 Å². The van der Waals surface area contributed by atoms with Crippen LogP contribution in [0, 0.1) is 5.92 Å². The van der Waals surface area contributed by atoms with Gasteiger partial charge < -0.3 is 16.4 Å². The van der Waals surface area contributed by atoms with Gasteiger partial charge in [0.1, 0.15) is 0 Å². The Balaban J connectivity index is 2.04. The minimum Gasteiger partial charge on any atom is -0.397 e. The van der Waals surface area contributed by atoms with E-state index in [0.717, 1.165) is 11.6 Å². The van der Waals surface area contributed by atoms with Crippen molar-refractivity contribution in [2.45, 2.75) is 39.2 Å². The fourth-order valence-corrected chi connectivity index (χ4v) is 2.66. The molecule has 0 heterocycles. The first kappa shape index (κ1) is 13.7. The van der Waals surface area contributed by atoms with Crippen LogP contribution in [0.1, 0.15) is 43.5 Å². The predicted octanol–water partition coefficient (Wildman–Crippen LogP) is 2.62. The van der Waals surface area contributed by atoms with Gasteiger partial charge in [0.05, 0.1) is 11.4 Å². The van der Waals surface area contributed by atoms with E-state index in [1.54, 1.807) is 6.07 Å². The van der Waals surface area contributed by atoms with Crippen LogP contribution in [-0.2, 0) is 0 Å². The first-order chi connectivity index (χ1) is 9.10. The third kappa shape index (κ3) is 3.40. The number of nitrogens with two attached hydrogens (primary N) is 1. The molecule has 2 atom stereocenters. The molecule has 1 fully saturated rings. The molecule has 4 N–H and O–H groups in total. The fourth-order valence-electron chi connectivity index (χ4n) is 2.66. The smallest absolute Gasteiger partial charge is 0.251 e. The summed E-state index contributed by atoms with van der Waals surface area (Å²) in [5.41, 5.74) is 8.22. The molecule has 1 aliphatic carbocycles. The molecule has 0 aromatic heterocycles. The molecule has 19 heavy (non-hydrogen) atoms. The number of hydrogen-bond donors (Lipinski definition) is 3. The van der Waals surface area contributed by atoms with Crippen LogP contribution in [0.2, 0.25) is 0 Å². The average Bonchev–Trinajstić information content (AvgIpc) is 2.78. The largest absolute Gasteiger partial charge is 0.397 e. The molecule has 1 saturated carbocycles. The number of rotatable bonds is 4. The zero-order valence-corrected chi connectivity index (χ0v) is 11.7. The van der Waals surface area contributed by atoms with E-state index in [-0.39, 0.29) is 5.91 Å². The lowest BCUT2D eigenvalue weighted by atomic mass is 10.1. The Kier molecular flexibility index (Phi) is 4.30. The number of anilines is 2. The minimum atomic E-state index is -0.0739. The van der Waals surface area contributed by atoms with Crippen molar-refractivity contribution in [2.24, 2.45) is 5.92 Å². The molecule has 2 unspecified atom stereocenters. The summed E-state index contributed by atoms with van der Waals surface area (Å²) < 4.78 is 0. The van der Waals surface area contributed by atoms with Gasteiger partial charge in [-0.15, -0.1) is 0 Å². The Bertz CT molecular complexity index is 459. The number of benzene rings is 1. The lowest BCUT2D eigenvalue weighted by Crippen LogP contribution is -2.23. The normalized spacial score (nSPS) is 22.2. The molecule has 0 saturated heterocycles. The summed E-state index contributed by atoms with van der Waals surface area (Å²) >= 11 is 0. The number of nitrogens with one attached hydrogen (secondary N) is 2. The van der Waals surface area contributed by atoms with E-state index in [1.807, 2.05) is 19.1 Å². The highest BCUT2D eigenvalue weighted by molar-refractivity contribution is 5.96. The maximum absolute atomic E-state index is 11.7. The molecule has 1 aromatic carbocycles. The molecule has 1 aromatic rings. The molecular formula is C15H23N3O. The van der Waals surface area contributed by atoms with Gasteiger partial charge in [-0.25, -0.2) is 0 Å². The first-order valence-corrected chi connectivity index (χ1v) is 7.04. The maximum Gasteiger partial charge on any atom is 0.251 e. The van der Waals surface area contributed by atoms with Gasteiger partial charge >= 0.3 is 0 Å². The van der Waals surface area contributed by atoms with E-state index in [9.17, 15) is 4.79 Å². The van der Waals surface area contributed by atoms with Crippen molar-refractivity contribution < 1.29 is 4.79 Å². The summed E-state index contributed by atoms with van der Waals surface area (Å²) in [4.78, 5) is 11.7. The molecule has 4 heteroatoms. The van der Waals surface area contributed by atoms with E-state index < -0.39 is 0 Å². The quantitative estimate of drug-likeness (QED) is 0.730. The van der Waals surface area contributed by atoms with Crippen molar-refractivity contribution >= 4 is 17.3 Å². The summed E-state index contributed by atoms with van der Waals surface area (Å²) in [5.74, 6) is 0.712. The van der Waals surface area contributed by atoms with Crippen molar-refractivity contribution in [3.8, 4) is 0 Å². The zero-order chi connectivity index (χ0) is 13.8. The highest BCUT2D eigenvalue weighted by Gasteiger charge is 2.21. The second-order valence-electron chi connectivity index (χ2n) is 5.42. The molecule has 2 rings (SSSR count). The second-order valence-corrected chi connectivity index (χ2v) is 5.42. The van der Waals surface area contributed by atoms with Crippen LogP contribution in [0.3, 0.4) is 0 Å². The Morgan fingerprint density at radius 2 is 2.21 bits per heavy atom. The average molecular weight is 261 g/mol. The van der Waals surface area contributed by atoms with Gasteiger partial charge in [0.15, 0.2) is 0 Å². The van der Waals surface area contributed by atoms with E-state index in [4.69, 9.17) is 5.73 Å². The molecule has 1 amide bonds. The summed E-state index contributed by atoms with van der Waals surface area (Å²) in [7, 11) is 0. The number of carbonyl (C=O) groups is 1. The van der Waals surface area contributed by atoms with Crippen molar-refractivity contribution in [2.75, 3.05) is 17.6 Å². The summed E-state index contributed by atoms with van der Waals surface area (Å²) in [6, 6.07) is 5.98. The molecule has 0 spiro atoms. The zero-order valence-electron chi connectivity index (χ0n) is 11.7. The molecule has 0 bridgehead atoms. The maximum atomic E-state index is 11.7. The fraction of sp³-hybridized carbons (Fsp3) is 0.533. The van der Waals surface area contributed by atoms with E-state index in [1.165, 1.54) is 19.3 Å². The van der Waals surface area contributed by atoms with Crippen LogP contribution in [0.25, 0.3) is 0 Å². The number of carbonyl (C=O) groups excluding carboxylic acids is 1. The SMILES string of the molecule is CCNC(=O)c1ccc(NC2CCC(C)C2)c(N)c1. The number of nitrogen functional groups attached to an aromatic ring is 1. The summed E-state index contributed by atoms with van der Waals surface area (Å²) in [5, 5.41) is 6.25. The molecular weight excluding hydrogens is 238 g/mol. The number of hydrogen-bond acceptors (Lipinski definition) is 3. The van der Waals surface area contributed by atoms with Gasteiger partial charge in [0, 0.05) is 18.2 Å². The van der Waals surface area contributed by atoms with Crippen LogP contribution in [0.5, 0.6) is 0 Å². The third-order valence-corrected chi connectivity index (χ3v) is 3.71. The van der Waals surface area contributed by atoms with Gasteiger partial charge in [-0.1, -0.05) is 6.92 Å². The Hall–Kier alpha value is -1.71. The molecule has 4 nitrogen and oxygen atoms in total. The van der Waals surface area contributed by atoms with Gasteiger partial charge in [-0.2, -0.15) is 0 Å². The van der Waals surface area contributed by atoms with Crippen LogP contribution in [0.15, 0.2) is 18.2 Å². The standard InChI is InChI=1S/C15H23N3O/c1-3-17-15(19)11-5-7-14(13(16)9-11)18-12-6-4-10(2)8-12/h5,7,9-10,12,18H,3-4,6,8,16H2,1-2H3,(H,17,19). The van der Waals surface area contributed by atoms with E-state index in [0.29, 0.717) is 23.8 Å². The first-order valence-electron chi connectivity index (χ1n) is 7.04. The van der Waals surface area contributed by atoms with Gasteiger partial charge in [-0.05, 0) is 50.3 Å². The lowest BCUT2D eigenvalue weighted by molar-refractivity contribution is 0.0956. The third-order valence-electron chi connectivity index (χ3n) is 3.71. The summed E-state index contributed by atoms with van der Waals surface area (Å²) in [6.45, 7) is 4.81. The summed E-state index contributed by atoms with van der Waals surface area (Å²) in [6.07, 6.45) is 3.66. The van der Waals surface area contributed by atoms with Crippen molar-refractivity contribution in [3.63, 3.8) is 0 Å². The van der Waals surface area contributed by atoms with Gasteiger partial charge in [0.25, 0.3) is 5.91 Å². The monoisotopic (exact) mass is 261 g/mol. The van der Waals surface area contributed by atoms with Gasteiger partial charge in [0.2, 0.25) is 0 Å². The second kappa shape index (κ2) is 5.95. The Labute approximate surface area is 114 Å². The van der Waals surface area contributed by atoms with Crippen LogP contribution >= 0.6 is 0 Å². The van der Waals surface area contributed by atoms with Crippen LogP contribution < -0.4 is 16.4 Å². The number of amides is 1. The topological polar surface area (TPSA) is 67.2 Å². The lowest BCUT2D eigenvalue weighted by Gasteiger charge is -2.16. The highest BCUT2D eigenvalue weighted by Crippen LogP contribution is 2.29. The van der Waals surface area contributed by atoms with E-state index >= 15 is 0 Å². The van der Waals surface area contributed by atoms with Crippen LogP contribution in [-0.4, -0.2) is 18.5 Å². The highest BCUT2D eigenvalue weighted by atomic mass is 16.1. The van der Waals surface area contributed by atoms with Gasteiger partial charge in [-0.3, -0.25) is 4.79 Å².